The minimum Gasteiger partial charge on any atom is -0.462 e. The smallest absolute Gasteiger partial charge is 0.396 e. The summed E-state index contributed by atoms with van der Waals surface area (Å²) in [6.45, 7) is 0. The van der Waals surface area contributed by atoms with Crippen molar-refractivity contribution in [2.75, 3.05) is 17.7 Å². The Morgan fingerprint density at radius 3 is 2.43 bits per heavy atom. The summed E-state index contributed by atoms with van der Waals surface area (Å²) in [5.74, 6) is -2.30. The van der Waals surface area contributed by atoms with Crippen molar-refractivity contribution in [1.29, 1.82) is 0 Å². The summed E-state index contributed by atoms with van der Waals surface area (Å²) >= 11 is 0. The molecule has 10 heteroatoms. The molecule has 0 fully saturated rings. The van der Waals surface area contributed by atoms with Crippen LogP contribution < -0.4 is 10.6 Å². The van der Waals surface area contributed by atoms with Gasteiger partial charge in [-0.2, -0.15) is 5.21 Å². The van der Waals surface area contributed by atoms with Crippen molar-refractivity contribution in [3.8, 4) is 0 Å². The number of carbonyl (C=O) groups excluding carboxylic acids is 3. The number of hydrogen-bond acceptors (Lipinski definition) is 7. The first-order chi connectivity index (χ1) is 10.1. The van der Waals surface area contributed by atoms with Gasteiger partial charge in [-0.15, -0.1) is 5.10 Å². The third-order valence-electron chi connectivity index (χ3n) is 2.35. The Bertz CT molecular complexity index is 652. The van der Waals surface area contributed by atoms with Crippen LogP contribution >= 0.6 is 0 Å². The first kappa shape index (κ1) is 14.1. The van der Waals surface area contributed by atoms with Crippen LogP contribution in [0.25, 0.3) is 0 Å². The fourth-order valence-electron chi connectivity index (χ4n) is 1.37. The van der Waals surface area contributed by atoms with Gasteiger partial charge in [0.1, 0.15) is 0 Å². The zero-order chi connectivity index (χ0) is 15.2. The second-order valence-electron chi connectivity index (χ2n) is 3.71. The topological polar surface area (TPSA) is 139 Å². The van der Waals surface area contributed by atoms with Gasteiger partial charge in [0.2, 0.25) is 0 Å². The van der Waals surface area contributed by atoms with E-state index in [1.807, 2.05) is 0 Å². The fourth-order valence-corrected chi connectivity index (χ4v) is 1.37. The Morgan fingerprint density at radius 1 is 1.14 bits per heavy atom. The zero-order valence-corrected chi connectivity index (χ0v) is 10.8. The van der Waals surface area contributed by atoms with Crippen LogP contribution in [0.1, 0.15) is 10.4 Å². The lowest BCUT2D eigenvalue weighted by Crippen LogP contribution is -2.23. The Morgan fingerprint density at radius 2 is 1.86 bits per heavy atom. The van der Waals surface area contributed by atoms with E-state index in [9.17, 15) is 14.4 Å². The van der Waals surface area contributed by atoms with Crippen molar-refractivity contribution in [1.82, 2.24) is 20.6 Å². The number of anilines is 2. The van der Waals surface area contributed by atoms with Gasteiger partial charge in [0, 0.05) is 11.3 Å². The highest BCUT2D eigenvalue weighted by atomic mass is 16.5. The summed E-state index contributed by atoms with van der Waals surface area (Å²) in [5, 5.41) is 17.4. The van der Waals surface area contributed by atoms with E-state index in [0.29, 0.717) is 11.3 Å². The number of aromatic nitrogens is 4. The van der Waals surface area contributed by atoms with Crippen molar-refractivity contribution in [2.24, 2.45) is 0 Å². The lowest BCUT2D eigenvalue weighted by atomic mass is 10.2. The van der Waals surface area contributed by atoms with E-state index in [0.717, 1.165) is 7.11 Å². The third-order valence-corrected chi connectivity index (χ3v) is 2.35. The van der Waals surface area contributed by atoms with Gasteiger partial charge < -0.3 is 10.1 Å². The predicted octanol–water partition coefficient (Wildman–Crippen LogP) is -0.437. The lowest BCUT2D eigenvalue weighted by Gasteiger charge is -2.05. The minimum absolute atomic E-state index is 0.0445. The Balaban J connectivity index is 2.00. The van der Waals surface area contributed by atoms with Crippen molar-refractivity contribution in [3.63, 3.8) is 0 Å². The van der Waals surface area contributed by atoms with Gasteiger partial charge in [-0.05, 0) is 29.5 Å². The van der Waals surface area contributed by atoms with Crippen molar-refractivity contribution >= 4 is 29.4 Å². The highest BCUT2D eigenvalue weighted by molar-refractivity contribution is 6.37. The van der Waals surface area contributed by atoms with E-state index in [-0.39, 0.29) is 5.95 Å². The summed E-state index contributed by atoms with van der Waals surface area (Å²) < 4.78 is 4.27. The lowest BCUT2D eigenvalue weighted by molar-refractivity contribution is -0.150. The molecule has 0 aliphatic rings. The molecule has 2 rings (SSSR count). The number of nitrogens with one attached hydrogen (secondary N) is 3. The van der Waals surface area contributed by atoms with Crippen molar-refractivity contribution in [3.05, 3.63) is 29.8 Å². The molecule has 21 heavy (non-hydrogen) atoms. The van der Waals surface area contributed by atoms with Crippen LogP contribution in [0, 0.1) is 0 Å². The van der Waals surface area contributed by atoms with Gasteiger partial charge in [-0.1, -0.05) is 5.10 Å². The molecule has 108 valence electrons. The normalized spacial score (nSPS) is 9.76. The van der Waals surface area contributed by atoms with Crippen LogP contribution in [0.15, 0.2) is 24.3 Å². The molecule has 0 saturated carbocycles. The van der Waals surface area contributed by atoms with E-state index in [1.54, 1.807) is 0 Å². The molecule has 0 spiro atoms. The van der Waals surface area contributed by atoms with Crippen LogP contribution in [0.3, 0.4) is 0 Å². The molecule has 0 unspecified atom stereocenters. The molecular formula is C11H10N6O4. The number of esters is 1. The molecule has 0 radical (unpaired) electrons. The van der Waals surface area contributed by atoms with Gasteiger partial charge in [-0.25, -0.2) is 4.79 Å². The summed E-state index contributed by atoms with van der Waals surface area (Å²) in [6.07, 6.45) is 0. The van der Waals surface area contributed by atoms with Gasteiger partial charge in [0.15, 0.2) is 0 Å². The molecule has 1 aromatic heterocycles. The fraction of sp³-hybridized carbons (Fsp3) is 0.0909. The maximum Gasteiger partial charge on any atom is 0.396 e. The molecular weight excluding hydrogens is 280 g/mol. The number of hydrogen-bond donors (Lipinski definition) is 3. The summed E-state index contributed by atoms with van der Waals surface area (Å²) in [6, 6.07) is 5.85. The second kappa shape index (κ2) is 6.23. The standard InChI is InChI=1S/C11H10N6O4/c1-21-10(20)9(19)12-7-4-2-6(3-5-7)8(18)13-11-14-16-17-15-11/h2-5H,1H3,(H,12,19)(H2,13,14,15,16,17,18). The maximum absolute atomic E-state index is 11.8. The molecule has 1 aromatic carbocycles. The molecule has 10 nitrogen and oxygen atoms in total. The molecule has 0 aliphatic heterocycles. The SMILES string of the molecule is COC(=O)C(=O)Nc1ccc(C(=O)Nc2nn[nH]n2)cc1. The minimum atomic E-state index is -1.01. The third kappa shape index (κ3) is 3.59. The zero-order valence-electron chi connectivity index (χ0n) is 10.8. The number of benzene rings is 1. The van der Waals surface area contributed by atoms with Gasteiger partial charge in [0.25, 0.3) is 11.9 Å². The number of nitrogens with zero attached hydrogens (tertiary/aromatic N) is 3. The first-order valence-corrected chi connectivity index (χ1v) is 5.64. The largest absolute Gasteiger partial charge is 0.462 e. The highest BCUT2D eigenvalue weighted by Gasteiger charge is 2.14. The molecule has 0 saturated heterocycles. The monoisotopic (exact) mass is 290 g/mol. The van der Waals surface area contributed by atoms with Crippen LogP contribution in [0.5, 0.6) is 0 Å². The summed E-state index contributed by atoms with van der Waals surface area (Å²) in [4.78, 5) is 34.0. The number of ether oxygens (including phenoxy) is 1. The van der Waals surface area contributed by atoms with E-state index >= 15 is 0 Å². The van der Waals surface area contributed by atoms with Gasteiger partial charge in [0.05, 0.1) is 7.11 Å². The molecule has 0 bridgehead atoms. The van der Waals surface area contributed by atoms with Crippen LogP contribution in [-0.4, -0.2) is 45.5 Å². The Labute approximate surface area is 117 Å². The number of rotatable bonds is 3. The van der Waals surface area contributed by atoms with E-state index in [1.165, 1.54) is 24.3 Å². The van der Waals surface area contributed by atoms with E-state index in [4.69, 9.17) is 0 Å². The molecule has 1 heterocycles. The number of amides is 2. The van der Waals surface area contributed by atoms with Crippen molar-refractivity contribution < 1.29 is 19.1 Å². The van der Waals surface area contributed by atoms with E-state index in [2.05, 4.69) is 36.0 Å². The predicted molar refractivity (Wildman–Crippen MR) is 69.2 cm³/mol. The molecule has 0 aliphatic carbocycles. The quantitative estimate of drug-likeness (QED) is 0.514. The Hall–Kier alpha value is -3.30. The number of H-pyrrole nitrogens is 1. The molecule has 2 aromatic rings. The van der Waals surface area contributed by atoms with Crippen LogP contribution in [-0.2, 0) is 14.3 Å². The van der Waals surface area contributed by atoms with Crippen molar-refractivity contribution in [2.45, 2.75) is 0 Å². The summed E-state index contributed by atoms with van der Waals surface area (Å²) in [7, 11) is 1.10. The number of methoxy groups -OCH3 is 1. The first-order valence-electron chi connectivity index (χ1n) is 5.64. The maximum atomic E-state index is 11.8. The molecule has 3 N–H and O–H groups in total. The molecule has 0 atom stereocenters. The number of carbonyl (C=O) groups is 3. The number of aromatic amines is 1. The average Bonchev–Trinajstić information content (AvgIpc) is 2.99. The average molecular weight is 290 g/mol. The molecule has 2 amide bonds. The second-order valence-corrected chi connectivity index (χ2v) is 3.71. The van der Waals surface area contributed by atoms with Crippen LogP contribution in [0.4, 0.5) is 11.6 Å². The highest BCUT2D eigenvalue weighted by Crippen LogP contribution is 2.10. The van der Waals surface area contributed by atoms with Gasteiger partial charge in [-0.3, -0.25) is 14.9 Å². The van der Waals surface area contributed by atoms with Crippen LogP contribution in [0.2, 0.25) is 0 Å². The van der Waals surface area contributed by atoms with E-state index < -0.39 is 17.8 Å². The van der Waals surface area contributed by atoms with Gasteiger partial charge >= 0.3 is 11.9 Å². The summed E-state index contributed by atoms with van der Waals surface area (Å²) in [5.41, 5.74) is 0.664. The number of tetrazole rings is 1. The Kier molecular flexibility index (Phi) is 4.19.